The highest BCUT2D eigenvalue weighted by molar-refractivity contribution is 7.17. The van der Waals surface area contributed by atoms with Gasteiger partial charge in [-0.15, -0.1) is 11.3 Å². The van der Waals surface area contributed by atoms with Gasteiger partial charge in [0.1, 0.15) is 5.82 Å². The molecule has 0 atom stereocenters. The van der Waals surface area contributed by atoms with E-state index in [-0.39, 0.29) is 5.91 Å². The smallest absolute Gasteiger partial charge is 0.280 e. The van der Waals surface area contributed by atoms with E-state index in [1.807, 2.05) is 43.3 Å². The highest BCUT2D eigenvalue weighted by atomic mass is 32.1. The number of aryl methyl sites for hydroxylation is 1. The van der Waals surface area contributed by atoms with Gasteiger partial charge >= 0.3 is 0 Å². The van der Waals surface area contributed by atoms with E-state index in [0.717, 1.165) is 34.7 Å². The number of nitrogens with zero attached hydrogens (tertiary/aromatic N) is 2. The first-order valence-electron chi connectivity index (χ1n) is 8.46. The van der Waals surface area contributed by atoms with Gasteiger partial charge in [0, 0.05) is 23.6 Å². The van der Waals surface area contributed by atoms with E-state index < -0.39 is 0 Å². The minimum atomic E-state index is -0.0842. The molecular weight excluding hydrogens is 346 g/mol. The van der Waals surface area contributed by atoms with Crippen LogP contribution >= 0.6 is 11.3 Å². The van der Waals surface area contributed by atoms with Gasteiger partial charge in [0.15, 0.2) is 5.01 Å². The number of anilines is 3. The predicted molar refractivity (Wildman–Crippen MR) is 105 cm³/mol. The molecule has 0 spiro atoms. The number of nitrogens with two attached hydrogens (primary N) is 1. The van der Waals surface area contributed by atoms with Crippen molar-refractivity contribution in [3.8, 4) is 10.4 Å². The van der Waals surface area contributed by atoms with Crippen molar-refractivity contribution < 1.29 is 4.79 Å². The van der Waals surface area contributed by atoms with Crippen LogP contribution in [0.5, 0.6) is 0 Å². The Morgan fingerprint density at radius 1 is 1.27 bits per heavy atom. The molecular formula is C19H19N5OS. The van der Waals surface area contributed by atoms with Gasteiger partial charge in [-0.1, -0.05) is 6.07 Å². The van der Waals surface area contributed by atoms with Crippen molar-refractivity contribution in [2.45, 2.75) is 25.8 Å². The fourth-order valence-electron chi connectivity index (χ4n) is 2.64. The van der Waals surface area contributed by atoms with E-state index >= 15 is 0 Å². The zero-order valence-electron chi connectivity index (χ0n) is 14.3. The van der Waals surface area contributed by atoms with Gasteiger partial charge in [-0.2, -0.15) is 0 Å². The molecule has 1 saturated carbocycles. The molecule has 0 saturated heterocycles. The van der Waals surface area contributed by atoms with Crippen LogP contribution in [0.3, 0.4) is 0 Å². The molecule has 0 unspecified atom stereocenters. The van der Waals surface area contributed by atoms with Gasteiger partial charge in [0.05, 0.1) is 10.6 Å². The topological polar surface area (TPSA) is 92.9 Å². The molecule has 7 heteroatoms. The summed E-state index contributed by atoms with van der Waals surface area (Å²) in [6.45, 7) is 1.92. The highest BCUT2D eigenvalue weighted by Gasteiger charge is 2.25. The highest BCUT2D eigenvalue weighted by Crippen LogP contribution is 2.32. The predicted octanol–water partition coefficient (Wildman–Crippen LogP) is 3.73. The van der Waals surface area contributed by atoms with Crippen LogP contribution in [0, 0.1) is 6.92 Å². The lowest BCUT2D eigenvalue weighted by Crippen LogP contribution is -2.25. The van der Waals surface area contributed by atoms with Crippen molar-refractivity contribution in [3.05, 3.63) is 53.3 Å². The molecule has 1 amide bonds. The van der Waals surface area contributed by atoms with E-state index in [2.05, 4.69) is 20.6 Å². The number of amides is 1. The van der Waals surface area contributed by atoms with Gasteiger partial charge in [-0.3, -0.25) is 4.79 Å². The summed E-state index contributed by atoms with van der Waals surface area (Å²) in [5, 5.41) is 6.74. The van der Waals surface area contributed by atoms with Crippen LogP contribution in [0.15, 0.2) is 42.6 Å². The third-order valence-corrected chi connectivity index (χ3v) is 5.29. The van der Waals surface area contributed by atoms with E-state index in [0.29, 0.717) is 22.6 Å². The SMILES string of the molecule is Cc1nc(C(=O)NC2CC2)sc1-c1ccnc(Nc2cccc(N)c2)c1. The molecule has 2 aromatic heterocycles. The average molecular weight is 365 g/mol. The monoisotopic (exact) mass is 365 g/mol. The van der Waals surface area contributed by atoms with Crippen molar-refractivity contribution in [1.29, 1.82) is 0 Å². The molecule has 26 heavy (non-hydrogen) atoms. The number of carbonyl (C=O) groups excluding carboxylic acids is 1. The standard InChI is InChI=1S/C19H19N5OS/c1-11-17(26-19(22-11)18(25)24-14-5-6-14)12-7-8-21-16(9-12)23-15-4-2-3-13(20)10-15/h2-4,7-10,14H,5-6,20H2,1H3,(H,21,23)(H,24,25). The van der Waals surface area contributed by atoms with E-state index in [4.69, 9.17) is 5.73 Å². The van der Waals surface area contributed by atoms with Crippen molar-refractivity contribution in [1.82, 2.24) is 15.3 Å². The Labute approximate surface area is 155 Å². The number of carbonyl (C=O) groups is 1. The summed E-state index contributed by atoms with van der Waals surface area (Å²) in [7, 11) is 0. The summed E-state index contributed by atoms with van der Waals surface area (Å²) in [4.78, 5) is 22.0. The van der Waals surface area contributed by atoms with Crippen LogP contribution in [-0.2, 0) is 0 Å². The maximum Gasteiger partial charge on any atom is 0.280 e. The maximum atomic E-state index is 12.2. The molecule has 6 nitrogen and oxygen atoms in total. The Morgan fingerprint density at radius 3 is 2.88 bits per heavy atom. The summed E-state index contributed by atoms with van der Waals surface area (Å²) < 4.78 is 0. The van der Waals surface area contributed by atoms with Crippen molar-refractivity contribution in [3.63, 3.8) is 0 Å². The number of benzene rings is 1. The Morgan fingerprint density at radius 2 is 2.12 bits per heavy atom. The summed E-state index contributed by atoms with van der Waals surface area (Å²) in [5.74, 6) is 0.629. The zero-order valence-corrected chi connectivity index (χ0v) is 15.1. The Kier molecular flexibility index (Phi) is 4.30. The molecule has 1 aliphatic carbocycles. The molecule has 0 radical (unpaired) electrons. The largest absolute Gasteiger partial charge is 0.399 e. The van der Waals surface area contributed by atoms with Gasteiger partial charge in [0.2, 0.25) is 0 Å². The van der Waals surface area contributed by atoms with Gasteiger partial charge in [-0.25, -0.2) is 9.97 Å². The fourth-order valence-corrected chi connectivity index (χ4v) is 3.61. The third kappa shape index (κ3) is 3.67. The second-order valence-electron chi connectivity index (χ2n) is 6.36. The number of hydrogen-bond acceptors (Lipinski definition) is 6. The third-order valence-electron chi connectivity index (χ3n) is 4.08. The summed E-state index contributed by atoms with van der Waals surface area (Å²) in [6.07, 6.45) is 3.87. The molecule has 4 N–H and O–H groups in total. The van der Waals surface area contributed by atoms with Crippen LogP contribution in [0.25, 0.3) is 10.4 Å². The molecule has 1 aliphatic rings. The Hall–Kier alpha value is -2.93. The quantitative estimate of drug-likeness (QED) is 0.599. The van der Waals surface area contributed by atoms with Gasteiger partial charge in [0.25, 0.3) is 5.91 Å². The lowest BCUT2D eigenvalue weighted by molar-refractivity contribution is 0.0950. The number of thiazole rings is 1. The number of nitrogen functional groups attached to an aromatic ring is 1. The van der Waals surface area contributed by atoms with E-state index in [9.17, 15) is 4.79 Å². The molecule has 0 bridgehead atoms. The van der Waals surface area contributed by atoms with Crippen LogP contribution in [0.4, 0.5) is 17.2 Å². The number of hydrogen-bond donors (Lipinski definition) is 3. The normalized spacial score (nSPS) is 13.4. The van der Waals surface area contributed by atoms with Crippen LogP contribution in [-0.4, -0.2) is 21.9 Å². The average Bonchev–Trinajstić information content (AvgIpc) is 3.34. The Balaban J connectivity index is 1.58. The van der Waals surface area contributed by atoms with Crippen molar-refractivity contribution in [2.75, 3.05) is 11.1 Å². The second-order valence-corrected chi connectivity index (χ2v) is 7.36. The van der Waals surface area contributed by atoms with Crippen LogP contribution < -0.4 is 16.4 Å². The van der Waals surface area contributed by atoms with Crippen LogP contribution in [0.2, 0.25) is 0 Å². The van der Waals surface area contributed by atoms with E-state index in [1.165, 1.54) is 11.3 Å². The molecule has 2 heterocycles. The van der Waals surface area contributed by atoms with Crippen molar-refractivity contribution >= 4 is 34.4 Å². The Bertz CT molecular complexity index is 964. The summed E-state index contributed by atoms with van der Waals surface area (Å²) in [6, 6.07) is 11.7. The molecule has 1 fully saturated rings. The molecule has 0 aliphatic heterocycles. The van der Waals surface area contributed by atoms with Gasteiger partial charge < -0.3 is 16.4 Å². The van der Waals surface area contributed by atoms with E-state index in [1.54, 1.807) is 6.20 Å². The first-order valence-corrected chi connectivity index (χ1v) is 9.27. The minimum absolute atomic E-state index is 0.0842. The lowest BCUT2D eigenvalue weighted by atomic mass is 10.2. The molecule has 3 aromatic rings. The molecule has 132 valence electrons. The first-order chi connectivity index (χ1) is 12.6. The zero-order chi connectivity index (χ0) is 18.1. The number of nitrogens with one attached hydrogen (secondary N) is 2. The van der Waals surface area contributed by atoms with Crippen LogP contribution in [0.1, 0.15) is 28.3 Å². The number of aromatic nitrogens is 2. The molecule has 4 rings (SSSR count). The number of rotatable bonds is 5. The number of pyridine rings is 1. The fraction of sp³-hybridized carbons (Fsp3) is 0.211. The minimum Gasteiger partial charge on any atom is -0.399 e. The lowest BCUT2D eigenvalue weighted by Gasteiger charge is -2.07. The van der Waals surface area contributed by atoms with Gasteiger partial charge in [-0.05, 0) is 55.7 Å². The summed E-state index contributed by atoms with van der Waals surface area (Å²) in [5.41, 5.74) is 9.21. The van der Waals surface area contributed by atoms with Crippen molar-refractivity contribution in [2.24, 2.45) is 0 Å². The maximum absolute atomic E-state index is 12.2. The molecule has 1 aromatic carbocycles. The second kappa shape index (κ2) is 6.76. The first kappa shape index (κ1) is 16.5. The summed E-state index contributed by atoms with van der Waals surface area (Å²) >= 11 is 1.41.